The van der Waals surface area contributed by atoms with Crippen LogP contribution in [-0.4, -0.2) is 39.0 Å². The van der Waals surface area contributed by atoms with Gasteiger partial charge < -0.3 is 4.90 Å². The van der Waals surface area contributed by atoms with Gasteiger partial charge in [0.05, 0.1) is 10.6 Å². The lowest BCUT2D eigenvalue weighted by Crippen LogP contribution is -2.49. The molecule has 166 valence electrons. The van der Waals surface area contributed by atoms with Crippen molar-refractivity contribution in [1.82, 2.24) is 4.90 Å². The number of fused-ring (bicyclic) bond motifs is 2. The number of nitrogens with zero attached hydrogens (tertiary/aromatic N) is 2. The van der Waals surface area contributed by atoms with Crippen LogP contribution < -0.4 is 4.31 Å². The molecule has 1 spiro atoms. The summed E-state index contributed by atoms with van der Waals surface area (Å²) in [6.45, 7) is 7.20. The summed E-state index contributed by atoms with van der Waals surface area (Å²) in [5.41, 5.74) is 3.25. The van der Waals surface area contributed by atoms with E-state index in [9.17, 15) is 8.42 Å². The van der Waals surface area contributed by atoms with Crippen molar-refractivity contribution in [3.8, 4) is 0 Å². The van der Waals surface area contributed by atoms with Gasteiger partial charge in [-0.15, -0.1) is 0 Å². The summed E-state index contributed by atoms with van der Waals surface area (Å²) in [5, 5.41) is 0. The maximum Gasteiger partial charge on any atom is 0.264 e. The molecule has 0 amide bonds. The summed E-state index contributed by atoms with van der Waals surface area (Å²) in [6, 6.07) is 15.8. The summed E-state index contributed by atoms with van der Waals surface area (Å²) in [4.78, 5) is 3.05. The first-order valence-corrected chi connectivity index (χ1v) is 13.3. The first-order valence-electron chi connectivity index (χ1n) is 11.8. The van der Waals surface area contributed by atoms with Gasteiger partial charge in [-0.2, -0.15) is 0 Å². The molecule has 31 heavy (non-hydrogen) atoms. The highest BCUT2D eigenvalue weighted by atomic mass is 32.2. The number of benzene rings is 2. The molecule has 1 saturated carbocycles. The molecule has 2 aromatic rings. The standard InChI is InChI=1S/C26H34N2O2S/c1-20-12-13-25-24(18-20)26(19-28(25)31(29,30)23-10-4-3-5-11-23)14-16-27(17-15-26)21(2)22-8-6-7-9-22/h3-5,10-13,18,21-22H,6-9,14-17,19H2,1-2H3. The van der Waals surface area contributed by atoms with E-state index >= 15 is 0 Å². The summed E-state index contributed by atoms with van der Waals surface area (Å²) in [7, 11) is -3.56. The second-order valence-electron chi connectivity index (χ2n) is 9.95. The summed E-state index contributed by atoms with van der Waals surface area (Å²) < 4.78 is 28.8. The van der Waals surface area contributed by atoms with Crippen LogP contribution in [0.4, 0.5) is 5.69 Å². The Hall–Kier alpha value is -1.85. The molecule has 0 N–H and O–H groups in total. The van der Waals surface area contributed by atoms with E-state index in [1.807, 2.05) is 18.2 Å². The third-order valence-corrected chi connectivity index (χ3v) is 9.96. The van der Waals surface area contributed by atoms with Gasteiger partial charge in [-0.05, 0) is 82.3 Å². The molecule has 1 unspecified atom stereocenters. The molecule has 0 radical (unpaired) electrons. The fraction of sp³-hybridized carbons (Fsp3) is 0.538. The van der Waals surface area contributed by atoms with E-state index < -0.39 is 10.0 Å². The number of aryl methyl sites for hydroxylation is 1. The van der Waals surface area contributed by atoms with Gasteiger partial charge in [-0.25, -0.2) is 8.42 Å². The Balaban J connectivity index is 1.44. The van der Waals surface area contributed by atoms with Crippen LogP contribution in [0, 0.1) is 12.8 Å². The van der Waals surface area contributed by atoms with Crippen LogP contribution in [0.5, 0.6) is 0 Å². The van der Waals surface area contributed by atoms with Crippen LogP contribution in [0.3, 0.4) is 0 Å². The van der Waals surface area contributed by atoms with Crippen molar-refractivity contribution in [1.29, 1.82) is 0 Å². The minimum Gasteiger partial charge on any atom is -0.300 e. The Morgan fingerprint density at radius 2 is 1.68 bits per heavy atom. The zero-order chi connectivity index (χ0) is 21.6. The SMILES string of the molecule is Cc1ccc2c(c1)C1(CCN(C(C)C3CCCC3)CC1)CN2S(=O)(=O)c1ccccc1. The number of hydrogen-bond donors (Lipinski definition) is 0. The average Bonchev–Trinajstić information content (AvgIpc) is 3.42. The maximum atomic E-state index is 13.6. The van der Waals surface area contributed by atoms with Crippen molar-refractivity contribution in [2.75, 3.05) is 23.9 Å². The Kier molecular flexibility index (Phi) is 5.38. The molecular weight excluding hydrogens is 404 g/mol. The van der Waals surface area contributed by atoms with Gasteiger partial charge >= 0.3 is 0 Å². The second kappa shape index (κ2) is 7.93. The highest BCUT2D eigenvalue weighted by Gasteiger charge is 2.48. The number of likely N-dealkylation sites (tertiary alicyclic amines) is 1. The van der Waals surface area contributed by atoms with Crippen molar-refractivity contribution in [3.63, 3.8) is 0 Å². The predicted molar refractivity (Wildman–Crippen MR) is 126 cm³/mol. The third-order valence-electron chi connectivity index (χ3n) is 8.18. The normalized spacial score (nSPS) is 22.7. The Labute approximate surface area is 187 Å². The van der Waals surface area contributed by atoms with Crippen LogP contribution in [0.2, 0.25) is 0 Å². The second-order valence-corrected chi connectivity index (χ2v) is 11.8. The van der Waals surface area contributed by atoms with Crippen molar-refractivity contribution < 1.29 is 8.42 Å². The molecule has 2 heterocycles. The van der Waals surface area contributed by atoms with Gasteiger partial charge in [0.15, 0.2) is 0 Å². The van der Waals surface area contributed by atoms with E-state index in [0.29, 0.717) is 17.5 Å². The molecule has 2 aliphatic heterocycles. The molecular formula is C26H34N2O2S. The van der Waals surface area contributed by atoms with E-state index in [2.05, 4.69) is 24.8 Å². The first kappa shape index (κ1) is 21.0. The van der Waals surface area contributed by atoms with Gasteiger partial charge in [0, 0.05) is 18.0 Å². The van der Waals surface area contributed by atoms with E-state index in [0.717, 1.165) is 37.5 Å². The minimum atomic E-state index is -3.56. The largest absolute Gasteiger partial charge is 0.300 e. The van der Waals surface area contributed by atoms with Crippen molar-refractivity contribution in [2.45, 2.75) is 68.7 Å². The van der Waals surface area contributed by atoms with Gasteiger partial charge in [-0.3, -0.25) is 4.31 Å². The van der Waals surface area contributed by atoms with Crippen molar-refractivity contribution in [3.05, 3.63) is 59.7 Å². The summed E-state index contributed by atoms with van der Waals surface area (Å²) in [6.07, 6.45) is 7.56. The molecule has 3 aliphatic rings. The van der Waals surface area contributed by atoms with E-state index in [1.54, 1.807) is 28.6 Å². The monoisotopic (exact) mass is 438 g/mol. The Bertz CT molecular complexity index is 1040. The topological polar surface area (TPSA) is 40.6 Å². The summed E-state index contributed by atoms with van der Waals surface area (Å²) >= 11 is 0. The van der Waals surface area contributed by atoms with Crippen LogP contribution >= 0.6 is 0 Å². The first-order chi connectivity index (χ1) is 14.9. The Morgan fingerprint density at radius 1 is 1.00 bits per heavy atom. The maximum absolute atomic E-state index is 13.6. The number of hydrogen-bond acceptors (Lipinski definition) is 3. The number of anilines is 1. The van der Waals surface area contributed by atoms with E-state index in [4.69, 9.17) is 0 Å². The molecule has 0 bridgehead atoms. The van der Waals surface area contributed by atoms with Crippen LogP contribution in [0.1, 0.15) is 56.6 Å². The Morgan fingerprint density at radius 3 is 2.35 bits per heavy atom. The molecule has 2 fully saturated rings. The van der Waals surface area contributed by atoms with Crippen molar-refractivity contribution >= 4 is 15.7 Å². The lowest BCUT2D eigenvalue weighted by Gasteiger charge is -2.43. The molecule has 1 aliphatic carbocycles. The number of piperidine rings is 1. The van der Waals surface area contributed by atoms with E-state index in [1.165, 1.54) is 36.8 Å². The molecule has 0 aromatic heterocycles. The highest BCUT2D eigenvalue weighted by Crippen LogP contribution is 2.49. The minimum absolute atomic E-state index is 0.0743. The molecule has 5 heteroatoms. The van der Waals surface area contributed by atoms with Crippen LogP contribution in [-0.2, 0) is 15.4 Å². The van der Waals surface area contributed by atoms with Gasteiger partial charge in [-0.1, -0.05) is 48.7 Å². The average molecular weight is 439 g/mol. The molecule has 1 saturated heterocycles. The molecule has 5 rings (SSSR count). The number of rotatable bonds is 4. The molecule has 1 atom stereocenters. The lowest BCUT2D eigenvalue weighted by atomic mass is 9.73. The van der Waals surface area contributed by atoms with Gasteiger partial charge in [0.1, 0.15) is 0 Å². The van der Waals surface area contributed by atoms with Crippen LogP contribution in [0.25, 0.3) is 0 Å². The van der Waals surface area contributed by atoms with Crippen LogP contribution in [0.15, 0.2) is 53.4 Å². The molecule has 4 nitrogen and oxygen atoms in total. The fourth-order valence-electron chi connectivity index (χ4n) is 6.20. The summed E-state index contributed by atoms with van der Waals surface area (Å²) in [5.74, 6) is 0.835. The van der Waals surface area contributed by atoms with Crippen molar-refractivity contribution in [2.24, 2.45) is 5.92 Å². The highest BCUT2D eigenvalue weighted by molar-refractivity contribution is 7.92. The molecule has 2 aromatic carbocycles. The van der Waals surface area contributed by atoms with Gasteiger partial charge in [0.2, 0.25) is 0 Å². The zero-order valence-corrected chi connectivity index (χ0v) is 19.6. The smallest absolute Gasteiger partial charge is 0.264 e. The number of sulfonamides is 1. The fourth-order valence-corrected chi connectivity index (χ4v) is 7.79. The zero-order valence-electron chi connectivity index (χ0n) is 18.8. The predicted octanol–water partition coefficient (Wildman–Crippen LogP) is 5.12. The third kappa shape index (κ3) is 3.60. The van der Waals surface area contributed by atoms with E-state index in [-0.39, 0.29) is 5.41 Å². The lowest BCUT2D eigenvalue weighted by molar-refractivity contribution is 0.0967. The quantitative estimate of drug-likeness (QED) is 0.665. The van der Waals surface area contributed by atoms with Gasteiger partial charge in [0.25, 0.3) is 10.0 Å².